The lowest BCUT2D eigenvalue weighted by molar-refractivity contribution is -0.274. The molecular formula is C42H36F3N3O8. The smallest absolute Gasteiger partial charge is 0.489 e. The summed E-state index contributed by atoms with van der Waals surface area (Å²) in [6.07, 6.45) is -2.41. The first-order valence-electron chi connectivity index (χ1n) is 17.9. The highest BCUT2D eigenvalue weighted by atomic mass is 19.4. The standard InChI is InChI=1S/C42H36F3N3O8/c43-42(44,45)56-31-16-18-37-34(24-31)47-39(54-37)29-12-10-27(11-13-29)25-53-36-7-2-1-4-28(36)21-23-48(22-20-26-8-14-30(15-9-26)40(49)50)35-6-3-5-33-32(35)17-19-38(46-33)55-41(51)52/h1-2,4,7-19,24,35H,3,5-6,20-23,25H2,(H,49,50)(H,51,52). The molecule has 1 atom stereocenters. The molecule has 0 aliphatic heterocycles. The highest BCUT2D eigenvalue weighted by Gasteiger charge is 2.31. The number of aromatic carboxylic acids is 1. The molecule has 0 radical (unpaired) electrons. The van der Waals surface area contributed by atoms with Gasteiger partial charge in [0, 0.05) is 42.5 Å². The first kappa shape index (κ1) is 37.9. The molecule has 2 heterocycles. The van der Waals surface area contributed by atoms with Gasteiger partial charge < -0.3 is 28.8 Å². The number of alkyl halides is 3. The molecule has 2 N–H and O–H groups in total. The number of carboxylic acid groups (broad SMARTS) is 2. The van der Waals surface area contributed by atoms with Crippen LogP contribution >= 0.6 is 0 Å². The Kier molecular flexibility index (Phi) is 11.2. The van der Waals surface area contributed by atoms with Crippen LogP contribution in [0.5, 0.6) is 17.4 Å². The van der Waals surface area contributed by atoms with Crippen molar-refractivity contribution in [1.82, 2.24) is 14.9 Å². The van der Waals surface area contributed by atoms with Gasteiger partial charge in [-0.25, -0.2) is 19.6 Å². The fourth-order valence-electron chi connectivity index (χ4n) is 6.90. The number of fused-ring (bicyclic) bond motifs is 2. The van der Waals surface area contributed by atoms with Crippen LogP contribution in [0, 0.1) is 0 Å². The molecule has 14 heteroatoms. The Morgan fingerprint density at radius 1 is 0.857 bits per heavy atom. The second-order valence-corrected chi connectivity index (χ2v) is 13.3. The summed E-state index contributed by atoms with van der Waals surface area (Å²) in [5.74, 6) is -0.315. The van der Waals surface area contributed by atoms with Gasteiger partial charge in [-0.05, 0) is 96.8 Å². The third-order valence-corrected chi connectivity index (χ3v) is 9.58. The van der Waals surface area contributed by atoms with Crippen molar-refractivity contribution in [3.05, 3.63) is 137 Å². The number of hydrogen-bond donors (Lipinski definition) is 2. The predicted molar refractivity (Wildman–Crippen MR) is 198 cm³/mol. The average molecular weight is 768 g/mol. The lowest BCUT2D eigenvalue weighted by Gasteiger charge is -2.36. The second-order valence-electron chi connectivity index (χ2n) is 13.3. The minimum absolute atomic E-state index is 0.0199. The van der Waals surface area contributed by atoms with Gasteiger partial charge in [-0.15, -0.1) is 13.2 Å². The summed E-state index contributed by atoms with van der Waals surface area (Å²) in [6.45, 7) is 1.64. The Bertz CT molecular complexity index is 2330. The van der Waals surface area contributed by atoms with Crippen LogP contribution in [0.4, 0.5) is 18.0 Å². The number of hydrogen-bond acceptors (Lipinski definition) is 9. The van der Waals surface area contributed by atoms with Gasteiger partial charge >= 0.3 is 18.5 Å². The normalized spacial score (nSPS) is 14.0. The topological polar surface area (TPSA) is 144 Å². The molecule has 1 aliphatic rings. The molecule has 0 bridgehead atoms. The molecule has 2 aromatic heterocycles. The van der Waals surface area contributed by atoms with E-state index in [0.29, 0.717) is 43.5 Å². The zero-order valence-electron chi connectivity index (χ0n) is 29.9. The number of aromatic nitrogens is 2. The zero-order chi connectivity index (χ0) is 39.2. The van der Waals surface area contributed by atoms with Crippen molar-refractivity contribution in [2.24, 2.45) is 0 Å². The molecule has 0 saturated carbocycles. The number of carboxylic acids is 1. The van der Waals surface area contributed by atoms with Crippen molar-refractivity contribution in [2.45, 2.75) is 51.1 Å². The quantitative estimate of drug-likeness (QED) is 0.102. The van der Waals surface area contributed by atoms with Crippen molar-refractivity contribution in [2.75, 3.05) is 13.1 Å². The Morgan fingerprint density at radius 2 is 1.61 bits per heavy atom. The molecule has 1 aliphatic carbocycles. The number of carbonyl (C=O) groups is 2. The molecule has 11 nitrogen and oxygen atoms in total. The van der Waals surface area contributed by atoms with Crippen molar-refractivity contribution >= 4 is 23.2 Å². The summed E-state index contributed by atoms with van der Waals surface area (Å²) < 4.78 is 58.9. The third kappa shape index (κ3) is 9.44. The number of oxazole rings is 1. The number of pyridine rings is 1. The van der Waals surface area contributed by atoms with Crippen molar-refractivity contribution < 1.29 is 51.6 Å². The van der Waals surface area contributed by atoms with Crippen LogP contribution in [0.3, 0.4) is 0 Å². The van der Waals surface area contributed by atoms with Crippen molar-refractivity contribution in [3.8, 4) is 28.8 Å². The summed E-state index contributed by atoms with van der Waals surface area (Å²) in [5.41, 5.74) is 6.19. The van der Waals surface area contributed by atoms with Crippen LogP contribution in [0.15, 0.2) is 108 Å². The fourth-order valence-corrected chi connectivity index (χ4v) is 6.90. The van der Waals surface area contributed by atoms with Gasteiger partial charge in [0.2, 0.25) is 11.8 Å². The van der Waals surface area contributed by atoms with Crippen LogP contribution in [0.1, 0.15) is 57.2 Å². The molecule has 288 valence electrons. The molecule has 0 amide bonds. The van der Waals surface area contributed by atoms with Gasteiger partial charge in [-0.1, -0.05) is 48.5 Å². The van der Waals surface area contributed by atoms with E-state index in [1.807, 2.05) is 66.7 Å². The highest BCUT2D eigenvalue weighted by Crippen LogP contribution is 2.36. The number of rotatable bonds is 14. The van der Waals surface area contributed by atoms with E-state index in [4.69, 9.17) is 19.0 Å². The van der Waals surface area contributed by atoms with Gasteiger partial charge in [-0.2, -0.15) is 0 Å². The summed E-state index contributed by atoms with van der Waals surface area (Å²) >= 11 is 0. The molecule has 7 rings (SSSR count). The first-order valence-corrected chi connectivity index (χ1v) is 17.9. The predicted octanol–water partition coefficient (Wildman–Crippen LogP) is 9.29. The number of ether oxygens (including phenoxy) is 3. The summed E-state index contributed by atoms with van der Waals surface area (Å²) in [4.78, 5) is 33.8. The molecule has 6 aromatic rings. The van der Waals surface area contributed by atoms with Crippen molar-refractivity contribution in [3.63, 3.8) is 0 Å². The molecule has 56 heavy (non-hydrogen) atoms. The van der Waals surface area contributed by atoms with Gasteiger partial charge in [0.05, 0.1) is 5.56 Å². The molecule has 1 unspecified atom stereocenters. The second kappa shape index (κ2) is 16.5. The molecule has 0 saturated heterocycles. The maximum atomic E-state index is 12.7. The number of nitrogens with zero attached hydrogens (tertiary/aromatic N) is 3. The minimum Gasteiger partial charge on any atom is -0.489 e. The maximum absolute atomic E-state index is 12.7. The Labute approximate surface area is 318 Å². The van der Waals surface area contributed by atoms with Crippen LogP contribution in [0.25, 0.3) is 22.6 Å². The van der Waals surface area contributed by atoms with Gasteiger partial charge in [-0.3, -0.25) is 4.90 Å². The number of halogens is 3. The average Bonchev–Trinajstić information content (AvgIpc) is 3.60. The maximum Gasteiger partial charge on any atom is 0.573 e. The molecule has 4 aromatic carbocycles. The molecule has 0 fully saturated rings. The lowest BCUT2D eigenvalue weighted by atomic mass is 9.89. The number of aryl methyl sites for hydroxylation is 1. The van der Waals surface area contributed by atoms with E-state index < -0.39 is 18.5 Å². The summed E-state index contributed by atoms with van der Waals surface area (Å²) in [6, 6.07) is 29.3. The Morgan fingerprint density at radius 3 is 2.36 bits per heavy atom. The number of benzene rings is 4. The van der Waals surface area contributed by atoms with Gasteiger partial charge in [0.15, 0.2) is 5.58 Å². The van der Waals surface area contributed by atoms with Gasteiger partial charge in [0.25, 0.3) is 0 Å². The van der Waals surface area contributed by atoms with Crippen LogP contribution in [0.2, 0.25) is 0 Å². The lowest BCUT2D eigenvalue weighted by Crippen LogP contribution is -2.35. The molecule has 0 spiro atoms. The Balaban J connectivity index is 1.04. The summed E-state index contributed by atoms with van der Waals surface area (Å²) in [7, 11) is 0. The highest BCUT2D eigenvalue weighted by molar-refractivity contribution is 5.87. The Hall–Kier alpha value is -6.41. The largest absolute Gasteiger partial charge is 0.573 e. The van der Waals surface area contributed by atoms with E-state index in [2.05, 4.69) is 19.6 Å². The van der Waals surface area contributed by atoms with Gasteiger partial charge in [0.1, 0.15) is 23.6 Å². The number of para-hydroxylation sites is 1. The SMILES string of the molecule is O=C(O)Oc1ccc2c(n1)CCCC2N(CCc1ccc(C(=O)O)cc1)CCc1ccccc1OCc1ccc(-c2nc3cc(OC(F)(F)F)ccc3o2)cc1. The summed E-state index contributed by atoms with van der Waals surface area (Å²) in [5, 5.41) is 18.4. The van der Waals surface area contributed by atoms with E-state index in [9.17, 15) is 27.9 Å². The third-order valence-electron chi connectivity index (χ3n) is 9.58. The van der Waals surface area contributed by atoms with E-state index >= 15 is 0 Å². The van der Waals surface area contributed by atoms with Crippen molar-refractivity contribution in [1.29, 1.82) is 0 Å². The first-order chi connectivity index (χ1) is 27.0. The zero-order valence-corrected chi connectivity index (χ0v) is 29.9. The van der Waals surface area contributed by atoms with E-state index in [1.54, 1.807) is 18.2 Å². The fraction of sp³-hybridized carbons (Fsp3) is 0.238. The minimum atomic E-state index is -4.81. The van der Waals surface area contributed by atoms with Crippen LogP contribution in [-0.4, -0.2) is 56.7 Å². The molecular weight excluding hydrogens is 731 g/mol. The monoisotopic (exact) mass is 767 g/mol. The van der Waals surface area contributed by atoms with E-state index in [-0.39, 0.29) is 41.2 Å². The van der Waals surface area contributed by atoms with E-state index in [1.165, 1.54) is 18.2 Å². The van der Waals surface area contributed by atoms with E-state index in [0.717, 1.165) is 46.5 Å². The van der Waals surface area contributed by atoms with Crippen LogP contribution in [-0.2, 0) is 25.9 Å². The van der Waals surface area contributed by atoms with Crippen LogP contribution < -0.4 is 14.2 Å².